The Balaban J connectivity index is 2.17. The molecule has 0 aliphatic heterocycles. The van der Waals surface area contributed by atoms with E-state index in [4.69, 9.17) is 9.47 Å². The van der Waals surface area contributed by atoms with Crippen molar-refractivity contribution in [1.82, 2.24) is 0 Å². The molecule has 76 valence electrons. The molecule has 0 saturated carbocycles. The lowest BCUT2D eigenvalue weighted by molar-refractivity contribution is -0.138. The van der Waals surface area contributed by atoms with Crippen LogP contribution in [-0.4, -0.2) is 19.5 Å². The normalized spacial score (nSPS) is 26.9. The number of hydrogen-bond acceptors (Lipinski definition) is 2. The Bertz CT molecular complexity index is 185. The van der Waals surface area contributed by atoms with Gasteiger partial charge < -0.3 is 9.47 Å². The summed E-state index contributed by atoms with van der Waals surface area (Å²) >= 11 is 0. The molecule has 1 aliphatic carbocycles. The van der Waals surface area contributed by atoms with E-state index in [0.717, 1.165) is 6.61 Å². The van der Waals surface area contributed by atoms with E-state index >= 15 is 0 Å². The van der Waals surface area contributed by atoms with Crippen molar-refractivity contribution >= 4 is 0 Å². The molecular formula is C11H20O2. The zero-order valence-electron chi connectivity index (χ0n) is 9.04. The van der Waals surface area contributed by atoms with E-state index < -0.39 is 0 Å². The fourth-order valence-electron chi connectivity index (χ4n) is 1.41. The van der Waals surface area contributed by atoms with Crippen LogP contribution < -0.4 is 0 Å². The SMILES string of the molecule is CCOC(C)OCC1C=CC1(C)C. The van der Waals surface area contributed by atoms with Crippen molar-refractivity contribution in [2.45, 2.75) is 34.0 Å². The average molecular weight is 184 g/mol. The zero-order valence-corrected chi connectivity index (χ0v) is 9.04. The Morgan fingerprint density at radius 3 is 2.46 bits per heavy atom. The molecular weight excluding hydrogens is 164 g/mol. The third kappa shape index (κ3) is 2.82. The molecule has 2 heteroatoms. The minimum Gasteiger partial charge on any atom is -0.353 e. The molecule has 0 aromatic rings. The molecule has 2 atom stereocenters. The fraction of sp³-hybridized carbons (Fsp3) is 0.818. The highest BCUT2D eigenvalue weighted by atomic mass is 16.7. The van der Waals surface area contributed by atoms with Crippen LogP contribution in [0.25, 0.3) is 0 Å². The van der Waals surface area contributed by atoms with Crippen molar-refractivity contribution in [1.29, 1.82) is 0 Å². The van der Waals surface area contributed by atoms with Crippen LogP contribution in [0.2, 0.25) is 0 Å². The van der Waals surface area contributed by atoms with Crippen LogP contribution in [0.5, 0.6) is 0 Å². The lowest BCUT2D eigenvalue weighted by atomic mass is 9.70. The molecule has 0 radical (unpaired) electrons. The summed E-state index contributed by atoms with van der Waals surface area (Å²) in [7, 11) is 0. The number of allylic oxidation sites excluding steroid dienone is 1. The first-order valence-corrected chi connectivity index (χ1v) is 4.99. The smallest absolute Gasteiger partial charge is 0.154 e. The third-order valence-corrected chi connectivity index (χ3v) is 2.63. The lowest BCUT2D eigenvalue weighted by Gasteiger charge is -2.37. The summed E-state index contributed by atoms with van der Waals surface area (Å²) in [5, 5.41) is 0. The molecule has 13 heavy (non-hydrogen) atoms. The molecule has 0 N–H and O–H groups in total. The van der Waals surface area contributed by atoms with Gasteiger partial charge in [0, 0.05) is 12.5 Å². The van der Waals surface area contributed by atoms with Crippen LogP contribution in [0.3, 0.4) is 0 Å². The van der Waals surface area contributed by atoms with Crippen molar-refractivity contribution in [3.8, 4) is 0 Å². The molecule has 1 rings (SSSR count). The largest absolute Gasteiger partial charge is 0.353 e. The fourth-order valence-corrected chi connectivity index (χ4v) is 1.41. The quantitative estimate of drug-likeness (QED) is 0.483. The minimum absolute atomic E-state index is 0.0743. The van der Waals surface area contributed by atoms with E-state index in [0.29, 0.717) is 17.9 Å². The maximum Gasteiger partial charge on any atom is 0.154 e. The van der Waals surface area contributed by atoms with Gasteiger partial charge in [-0.25, -0.2) is 0 Å². The van der Waals surface area contributed by atoms with Crippen LogP contribution in [0.15, 0.2) is 12.2 Å². The molecule has 2 nitrogen and oxygen atoms in total. The molecule has 0 amide bonds. The first-order valence-electron chi connectivity index (χ1n) is 4.99. The molecule has 0 aromatic carbocycles. The number of ether oxygens (including phenoxy) is 2. The second-order valence-electron chi connectivity index (χ2n) is 4.14. The van der Waals surface area contributed by atoms with Gasteiger partial charge >= 0.3 is 0 Å². The standard InChI is InChI=1S/C11H20O2/c1-5-12-9(2)13-8-10-6-7-11(10,3)4/h6-7,9-10H,5,8H2,1-4H3. The van der Waals surface area contributed by atoms with Gasteiger partial charge in [0.15, 0.2) is 6.29 Å². The second-order valence-corrected chi connectivity index (χ2v) is 4.14. The number of rotatable bonds is 5. The number of hydrogen-bond donors (Lipinski definition) is 0. The summed E-state index contributed by atoms with van der Waals surface area (Å²) in [5.74, 6) is 0.551. The van der Waals surface area contributed by atoms with Gasteiger partial charge in [0.1, 0.15) is 0 Å². The summed E-state index contributed by atoms with van der Waals surface area (Å²) in [4.78, 5) is 0. The van der Waals surface area contributed by atoms with Gasteiger partial charge in [-0.2, -0.15) is 0 Å². The Kier molecular flexibility index (Phi) is 3.51. The van der Waals surface area contributed by atoms with Crippen LogP contribution in [0, 0.1) is 11.3 Å². The van der Waals surface area contributed by atoms with Gasteiger partial charge in [0.05, 0.1) is 6.61 Å². The summed E-state index contributed by atoms with van der Waals surface area (Å²) in [6, 6.07) is 0. The molecule has 0 aromatic heterocycles. The predicted octanol–water partition coefficient (Wildman–Crippen LogP) is 2.60. The average Bonchev–Trinajstić information content (AvgIpc) is 2.03. The van der Waals surface area contributed by atoms with Crippen LogP contribution in [-0.2, 0) is 9.47 Å². The van der Waals surface area contributed by atoms with Crippen LogP contribution >= 0.6 is 0 Å². The molecule has 0 saturated heterocycles. The van der Waals surface area contributed by atoms with Gasteiger partial charge in [0.25, 0.3) is 0 Å². The molecule has 0 bridgehead atoms. The van der Waals surface area contributed by atoms with E-state index in [1.54, 1.807) is 0 Å². The zero-order chi connectivity index (χ0) is 9.90. The molecule has 2 unspecified atom stereocenters. The Labute approximate surface area is 80.9 Å². The van der Waals surface area contributed by atoms with E-state index in [1.165, 1.54) is 0 Å². The van der Waals surface area contributed by atoms with Crippen LogP contribution in [0.1, 0.15) is 27.7 Å². The highest BCUT2D eigenvalue weighted by Gasteiger charge is 2.32. The Morgan fingerprint density at radius 2 is 2.08 bits per heavy atom. The van der Waals surface area contributed by atoms with Crippen molar-refractivity contribution in [3.63, 3.8) is 0 Å². The van der Waals surface area contributed by atoms with Crippen molar-refractivity contribution in [2.24, 2.45) is 11.3 Å². The summed E-state index contributed by atoms with van der Waals surface area (Å²) in [6.45, 7) is 9.86. The van der Waals surface area contributed by atoms with Crippen molar-refractivity contribution in [3.05, 3.63) is 12.2 Å². The molecule has 0 fully saturated rings. The summed E-state index contributed by atoms with van der Waals surface area (Å²) < 4.78 is 10.8. The Hall–Kier alpha value is -0.340. The van der Waals surface area contributed by atoms with E-state index in [2.05, 4.69) is 26.0 Å². The second kappa shape index (κ2) is 4.25. The monoisotopic (exact) mass is 184 g/mol. The highest BCUT2D eigenvalue weighted by molar-refractivity contribution is 5.15. The van der Waals surface area contributed by atoms with Crippen molar-refractivity contribution < 1.29 is 9.47 Å². The topological polar surface area (TPSA) is 18.5 Å². The van der Waals surface area contributed by atoms with Gasteiger partial charge in [-0.05, 0) is 19.3 Å². The van der Waals surface area contributed by atoms with E-state index in [9.17, 15) is 0 Å². The lowest BCUT2D eigenvalue weighted by Crippen LogP contribution is -2.33. The first-order chi connectivity index (χ1) is 6.06. The van der Waals surface area contributed by atoms with Crippen molar-refractivity contribution in [2.75, 3.05) is 13.2 Å². The van der Waals surface area contributed by atoms with Gasteiger partial charge in [-0.1, -0.05) is 26.0 Å². The maximum atomic E-state index is 5.55. The molecule has 1 aliphatic rings. The summed E-state index contributed by atoms with van der Waals surface area (Å²) in [5.41, 5.74) is 0.311. The van der Waals surface area contributed by atoms with E-state index in [1.807, 2.05) is 13.8 Å². The van der Waals surface area contributed by atoms with Gasteiger partial charge in [0.2, 0.25) is 0 Å². The first kappa shape index (κ1) is 10.7. The third-order valence-electron chi connectivity index (χ3n) is 2.63. The Morgan fingerprint density at radius 1 is 1.38 bits per heavy atom. The summed E-state index contributed by atoms with van der Waals surface area (Å²) in [6.07, 6.45) is 4.36. The van der Waals surface area contributed by atoms with E-state index in [-0.39, 0.29) is 6.29 Å². The minimum atomic E-state index is -0.0743. The van der Waals surface area contributed by atoms with Crippen LogP contribution in [0.4, 0.5) is 0 Å². The predicted molar refractivity (Wildman–Crippen MR) is 53.5 cm³/mol. The van der Waals surface area contributed by atoms with Gasteiger partial charge in [-0.3, -0.25) is 0 Å². The molecule has 0 spiro atoms. The van der Waals surface area contributed by atoms with Gasteiger partial charge in [-0.15, -0.1) is 0 Å². The highest BCUT2D eigenvalue weighted by Crippen LogP contribution is 2.38. The maximum absolute atomic E-state index is 5.55. The molecule has 0 heterocycles.